The number of carbonyl (C=O) groups excluding carboxylic acids is 1. The van der Waals surface area contributed by atoms with Crippen molar-refractivity contribution in [3.63, 3.8) is 0 Å². The molecule has 3 aromatic rings. The van der Waals surface area contributed by atoms with Crippen molar-refractivity contribution in [2.45, 2.75) is 19.9 Å². The molecular weight excluding hydrogens is 336 g/mol. The van der Waals surface area contributed by atoms with Gasteiger partial charge in [-0.1, -0.05) is 25.1 Å². The molecule has 0 fully saturated rings. The monoisotopic (exact) mass is 354 g/mol. The van der Waals surface area contributed by atoms with Gasteiger partial charge in [0.15, 0.2) is 5.78 Å². The first-order valence-corrected chi connectivity index (χ1v) is 8.24. The van der Waals surface area contributed by atoms with Crippen LogP contribution in [-0.4, -0.2) is 25.2 Å². The van der Waals surface area contributed by atoms with Crippen molar-refractivity contribution in [2.75, 3.05) is 11.2 Å². The summed E-state index contributed by atoms with van der Waals surface area (Å²) in [5.41, 5.74) is 11.5. The number of rotatable bonds is 6. The van der Waals surface area contributed by atoms with Crippen LogP contribution >= 0.6 is 12.2 Å². The van der Waals surface area contributed by atoms with Crippen molar-refractivity contribution < 1.29 is 4.79 Å². The third-order valence-electron chi connectivity index (χ3n) is 3.74. The summed E-state index contributed by atoms with van der Waals surface area (Å²) in [6, 6.07) is 11.1. The maximum atomic E-state index is 12.5. The minimum Gasteiger partial charge on any atom is -0.366 e. The van der Waals surface area contributed by atoms with Gasteiger partial charge in [-0.05, 0) is 42.4 Å². The van der Waals surface area contributed by atoms with Gasteiger partial charge in [0, 0.05) is 18.0 Å². The Morgan fingerprint density at radius 3 is 2.76 bits per heavy atom. The Morgan fingerprint density at radius 1 is 1.28 bits per heavy atom. The van der Waals surface area contributed by atoms with Gasteiger partial charge < -0.3 is 5.73 Å². The molecule has 3 N–H and O–H groups in total. The molecule has 0 amide bonds. The lowest BCUT2D eigenvalue weighted by atomic mass is 10.1. The fourth-order valence-electron chi connectivity index (χ4n) is 2.38. The van der Waals surface area contributed by atoms with E-state index in [2.05, 4.69) is 15.5 Å². The largest absolute Gasteiger partial charge is 0.366 e. The average Bonchev–Trinajstić information content (AvgIpc) is 2.90. The molecule has 7 nitrogen and oxygen atoms in total. The number of anilines is 2. The lowest BCUT2D eigenvalue weighted by molar-refractivity contribution is 0.0967. The Balaban J connectivity index is 1.82. The maximum absolute atomic E-state index is 12.5. The van der Waals surface area contributed by atoms with Gasteiger partial charge in [-0.2, -0.15) is 4.68 Å². The number of pyridine rings is 1. The number of ketones is 1. The molecule has 0 spiro atoms. The minimum atomic E-state index is -0.0695. The summed E-state index contributed by atoms with van der Waals surface area (Å²) in [7, 11) is 0. The van der Waals surface area contributed by atoms with Gasteiger partial charge in [0.1, 0.15) is 6.54 Å². The van der Waals surface area contributed by atoms with Crippen LogP contribution in [0.15, 0.2) is 48.8 Å². The van der Waals surface area contributed by atoms with E-state index < -0.39 is 0 Å². The van der Waals surface area contributed by atoms with Gasteiger partial charge in [0.25, 0.3) is 0 Å². The summed E-state index contributed by atoms with van der Waals surface area (Å²) >= 11 is 5.38. The second kappa shape index (κ2) is 7.27. The molecule has 0 saturated carbocycles. The summed E-state index contributed by atoms with van der Waals surface area (Å²) in [5.74, 6) is 0.108. The highest BCUT2D eigenvalue weighted by Crippen LogP contribution is 2.11. The van der Waals surface area contributed by atoms with E-state index in [1.165, 1.54) is 9.36 Å². The maximum Gasteiger partial charge on any atom is 0.240 e. The number of aryl methyl sites for hydroxylation is 1. The van der Waals surface area contributed by atoms with E-state index in [1.807, 2.05) is 25.1 Å². The summed E-state index contributed by atoms with van der Waals surface area (Å²) in [4.78, 5) is 16.5. The van der Waals surface area contributed by atoms with E-state index in [9.17, 15) is 4.79 Å². The SMILES string of the molecule is CCc1cccc(C(=O)Cn2nc(N)n(Nc3ccncc3)c2=S)c1. The number of nitrogens with two attached hydrogens (primary N) is 1. The molecule has 2 heterocycles. The fourth-order valence-corrected chi connectivity index (χ4v) is 2.62. The van der Waals surface area contributed by atoms with E-state index in [1.54, 1.807) is 30.6 Å². The zero-order valence-corrected chi connectivity index (χ0v) is 14.5. The molecule has 0 saturated heterocycles. The summed E-state index contributed by atoms with van der Waals surface area (Å²) in [6.45, 7) is 2.08. The zero-order chi connectivity index (χ0) is 17.8. The van der Waals surface area contributed by atoms with Gasteiger partial charge in [-0.15, -0.1) is 5.10 Å². The molecule has 1 aromatic carbocycles. The van der Waals surface area contributed by atoms with Crippen LogP contribution in [0.4, 0.5) is 11.6 Å². The molecule has 0 atom stereocenters. The molecule has 0 aliphatic carbocycles. The molecule has 0 radical (unpaired) electrons. The van der Waals surface area contributed by atoms with Crippen molar-refractivity contribution in [1.29, 1.82) is 0 Å². The second-order valence-electron chi connectivity index (χ2n) is 5.46. The van der Waals surface area contributed by atoms with E-state index in [0.717, 1.165) is 17.7 Å². The van der Waals surface area contributed by atoms with Crippen LogP contribution in [0.1, 0.15) is 22.8 Å². The van der Waals surface area contributed by atoms with Crippen LogP contribution in [0.5, 0.6) is 0 Å². The summed E-state index contributed by atoms with van der Waals surface area (Å²) in [6.07, 6.45) is 4.17. The molecule has 8 heteroatoms. The van der Waals surface area contributed by atoms with Crippen molar-refractivity contribution in [3.8, 4) is 0 Å². The number of Topliss-reactive ketones (excluding diaryl/α,β-unsaturated/α-hetero) is 1. The Morgan fingerprint density at radius 2 is 2.04 bits per heavy atom. The molecular formula is C17H18N6OS. The van der Waals surface area contributed by atoms with Gasteiger partial charge in [0.05, 0.1) is 5.69 Å². The number of aromatic nitrogens is 4. The van der Waals surface area contributed by atoms with Crippen molar-refractivity contribution in [3.05, 3.63) is 64.7 Å². The smallest absolute Gasteiger partial charge is 0.240 e. The molecule has 0 bridgehead atoms. The van der Waals surface area contributed by atoms with E-state index in [4.69, 9.17) is 18.0 Å². The Kier molecular flexibility index (Phi) is 4.90. The number of nitrogens with one attached hydrogen (secondary N) is 1. The predicted molar refractivity (Wildman–Crippen MR) is 98.9 cm³/mol. The molecule has 25 heavy (non-hydrogen) atoms. The third kappa shape index (κ3) is 3.74. The summed E-state index contributed by atoms with van der Waals surface area (Å²) in [5, 5.41) is 4.17. The first-order valence-electron chi connectivity index (χ1n) is 7.83. The fraction of sp³-hybridized carbons (Fsp3) is 0.176. The zero-order valence-electron chi connectivity index (χ0n) is 13.7. The first kappa shape index (κ1) is 16.8. The van der Waals surface area contributed by atoms with Crippen LogP contribution in [0.25, 0.3) is 0 Å². The minimum absolute atomic E-state index is 0.0290. The first-order chi connectivity index (χ1) is 12.1. The molecule has 2 aromatic heterocycles. The van der Waals surface area contributed by atoms with Crippen molar-refractivity contribution >= 4 is 29.6 Å². The summed E-state index contributed by atoms with van der Waals surface area (Å²) < 4.78 is 3.19. The van der Waals surface area contributed by atoms with Gasteiger partial charge in [0.2, 0.25) is 10.7 Å². The van der Waals surface area contributed by atoms with Crippen molar-refractivity contribution in [2.24, 2.45) is 0 Å². The van der Waals surface area contributed by atoms with Gasteiger partial charge in [-0.3, -0.25) is 15.2 Å². The van der Waals surface area contributed by atoms with Crippen LogP contribution in [-0.2, 0) is 13.0 Å². The highest BCUT2D eigenvalue weighted by atomic mass is 32.1. The standard InChI is InChI=1S/C17H18N6OS/c1-2-12-4-3-5-13(10-12)15(24)11-22-17(25)23(16(18)21-22)20-14-6-8-19-9-7-14/h3-10H,2,11H2,1H3,(H2,18,21)(H,19,20). The highest BCUT2D eigenvalue weighted by Gasteiger charge is 2.13. The molecule has 0 unspecified atom stereocenters. The van der Waals surface area contributed by atoms with Crippen LogP contribution in [0.3, 0.4) is 0 Å². The predicted octanol–water partition coefficient (Wildman–Crippen LogP) is 2.71. The van der Waals surface area contributed by atoms with Gasteiger partial charge in [-0.25, -0.2) is 4.68 Å². The molecule has 3 rings (SSSR count). The lowest BCUT2D eigenvalue weighted by Crippen LogP contribution is -2.14. The molecule has 128 valence electrons. The van der Waals surface area contributed by atoms with Crippen LogP contribution in [0, 0.1) is 4.77 Å². The van der Waals surface area contributed by atoms with Crippen LogP contribution in [0.2, 0.25) is 0 Å². The Bertz CT molecular complexity index is 947. The third-order valence-corrected chi connectivity index (χ3v) is 4.13. The second-order valence-corrected chi connectivity index (χ2v) is 5.82. The normalized spacial score (nSPS) is 10.6. The number of carbonyl (C=O) groups is 1. The van der Waals surface area contributed by atoms with Crippen LogP contribution < -0.4 is 11.2 Å². The van der Waals surface area contributed by atoms with E-state index >= 15 is 0 Å². The molecule has 0 aliphatic heterocycles. The van der Waals surface area contributed by atoms with Gasteiger partial charge >= 0.3 is 0 Å². The number of nitrogens with zero attached hydrogens (tertiary/aromatic N) is 4. The number of benzene rings is 1. The number of nitrogen functional groups attached to an aromatic ring is 1. The average molecular weight is 354 g/mol. The lowest BCUT2D eigenvalue weighted by Gasteiger charge is -2.07. The topological polar surface area (TPSA) is 90.8 Å². The molecule has 0 aliphatic rings. The Labute approximate surface area is 150 Å². The van der Waals surface area contributed by atoms with E-state index in [0.29, 0.717) is 10.3 Å². The quantitative estimate of drug-likeness (QED) is 0.522. The van der Waals surface area contributed by atoms with E-state index in [-0.39, 0.29) is 18.3 Å². The van der Waals surface area contributed by atoms with Crippen molar-refractivity contribution in [1.82, 2.24) is 19.4 Å². The Hall–Kier alpha value is -3.00. The number of hydrogen-bond acceptors (Lipinski definition) is 6. The highest BCUT2D eigenvalue weighted by molar-refractivity contribution is 7.71. The number of hydrogen-bond donors (Lipinski definition) is 2.